The van der Waals surface area contributed by atoms with E-state index >= 15 is 0 Å². The van der Waals surface area contributed by atoms with Gasteiger partial charge in [-0.1, -0.05) is 6.42 Å². The monoisotopic (exact) mass is 373 g/mol. The number of aromatic amines is 1. The van der Waals surface area contributed by atoms with Crippen LogP contribution in [-0.4, -0.2) is 63.0 Å². The van der Waals surface area contributed by atoms with Crippen molar-refractivity contribution in [2.45, 2.75) is 58.3 Å². The zero-order valence-electron chi connectivity index (χ0n) is 16.3. The van der Waals surface area contributed by atoms with Gasteiger partial charge in [-0.25, -0.2) is 4.98 Å². The van der Waals surface area contributed by atoms with Crippen molar-refractivity contribution in [3.8, 4) is 0 Å². The first kappa shape index (κ1) is 18.4. The predicted octanol–water partition coefficient (Wildman–Crippen LogP) is 1.93. The van der Waals surface area contributed by atoms with Gasteiger partial charge >= 0.3 is 0 Å². The van der Waals surface area contributed by atoms with Crippen molar-refractivity contribution in [3.63, 3.8) is 0 Å². The highest BCUT2D eigenvalue weighted by atomic mass is 16.2. The molecule has 2 atom stereocenters. The summed E-state index contributed by atoms with van der Waals surface area (Å²) in [6, 6.07) is 0. The fourth-order valence-electron chi connectivity index (χ4n) is 4.81. The normalized spacial score (nSPS) is 26.3. The zero-order chi connectivity index (χ0) is 18.8. The lowest BCUT2D eigenvalue weighted by atomic mass is 9.82. The van der Waals surface area contributed by atoms with Crippen LogP contribution in [0.15, 0.2) is 0 Å². The fraction of sp³-hybridized carbons (Fsp3) is 0.800. The minimum atomic E-state index is 0.120. The number of nitrogens with one attached hydrogen (secondary N) is 1. The molecule has 3 fully saturated rings. The number of hydrogen-bond donors (Lipinski definition) is 1. The highest BCUT2D eigenvalue weighted by Gasteiger charge is 2.36. The lowest BCUT2D eigenvalue weighted by Crippen LogP contribution is -2.43. The number of carbonyl (C=O) groups excluding carboxylic acids is 2. The largest absolute Gasteiger partial charge is 0.342 e. The van der Waals surface area contributed by atoms with Crippen molar-refractivity contribution in [2.24, 2.45) is 17.8 Å². The third-order valence-electron chi connectivity index (χ3n) is 6.70. The molecule has 148 valence electrons. The van der Waals surface area contributed by atoms with Crippen LogP contribution in [0.1, 0.15) is 56.6 Å². The number of aromatic nitrogens is 3. The van der Waals surface area contributed by atoms with Crippen molar-refractivity contribution < 1.29 is 9.59 Å². The van der Waals surface area contributed by atoms with E-state index in [0.29, 0.717) is 29.5 Å². The van der Waals surface area contributed by atoms with Crippen LogP contribution >= 0.6 is 0 Å². The van der Waals surface area contributed by atoms with E-state index in [1.54, 1.807) is 0 Å². The molecule has 1 N–H and O–H groups in total. The van der Waals surface area contributed by atoms with Gasteiger partial charge in [-0.15, -0.1) is 0 Å². The predicted molar refractivity (Wildman–Crippen MR) is 101 cm³/mol. The summed E-state index contributed by atoms with van der Waals surface area (Å²) < 4.78 is 0. The molecule has 27 heavy (non-hydrogen) atoms. The number of H-pyrrole nitrogens is 1. The first-order valence-corrected chi connectivity index (χ1v) is 10.5. The minimum Gasteiger partial charge on any atom is -0.342 e. The van der Waals surface area contributed by atoms with Crippen molar-refractivity contribution in [1.29, 1.82) is 0 Å². The summed E-state index contributed by atoms with van der Waals surface area (Å²) in [7, 11) is 0. The average molecular weight is 374 g/mol. The molecule has 1 aliphatic carbocycles. The molecule has 1 saturated carbocycles. The molecule has 3 heterocycles. The Morgan fingerprint density at radius 1 is 1.00 bits per heavy atom. The molecule has 1 aromatic heterocycles. The summed E-state index contributed by atoms with van der Waals surface area (Å²) in [4.78, 5) is 33.5. The molecule has 3 aliphatic rings. The van der Waals surface area contributed by atoms with E-state index in [4.69, 9.17) is 0 Å². The van der Waals surface area contributed by atoms with Gasteiger partial charge < -0.3 is 9.80 Å². The molecule has 2 saturated heterocycles. The van der Waals surface area contributed by atoms with E-state index in [1.165, 1.54) is 25.7 Å². The lowest BCUT2D eigenvalue weighted by molar-refractivity contribution is -0.134. The van der Waals surface area contributed by atoms with Gasteiger partial charge in [0.15, 0.2) is 5.82 Å². The first-order valence-electron chi connectivity index (χ1n) is 10.5. The molecule has 0 radical (unpaired) electrons. The Morgan fingerprint density at radius 3 is 2.41 bits per heavy atom. The molecule has 1 aromatic rings. The zero-order valence-corrected chi connectivity index (χ0v) is 16.3. The van der Waals surface area contributed by atoms with Crippen LogP contribution in [0, 0.1) is 24.7 Å². The number of hydrogen-bond acceptors (Lipinski definition) is 4. The average Bonchev–Trinajstić information content (AvgIpc) is 3.27. The van der Waals surface area contributed by atoms with E-state index in [1.807, 2.05) is 11.8 Å². The quantitative estimate of drug-likeness (QED) is 0.855. The van der Waals surface area contributed by atoms with E-state index < -0.39 is 0 Å². The summed E-state index contributed by atoms with van der Waals surface area (Å²) in [5, 5.41) is 6.88. The maximum absolute atomic E-state index is 12.6. The van der Waals surface area contributed by atoms with Crippen molar-refractivity contribution in [1.82, 2.24) is 25.0 Å². The van der Waals surface area contributed by atoms with Crippen molar-refractivity contribution in [3.05, 3.63) is 11.6 Å². The van der Waals surface area contributed by atoms with E-state index in [9.17, 15) is 9.59 Å². The Balaban J connectivity index is 1.27. The number of carbonyl (C=O) groups is 2. The smallest absolute Gasteiger partial charge is 0.230 e. The van der Waals surface area contributed by atoms with Gasteiger partial charge in [0.1, 0.15) is 5.82 Å². The number of rotatable bonds is 5. The van der Waals surface area contributed by atoms with E-state index in [-0.39, 0.29) is 12.3 Å². The Labute approximate surface area is 160 Å². The SMILES string of the molecule is Cc1nc(CC(=O)N2CCCC(C3CCN(C(=O)CC4CCC4)C3)C2)n[nH]1. The molecule has 0 bridgehead atoms. The van der Waals surface area contributed by atoms with Gasteiger partial charge in [-0.3, -0.25) is 14.7 Å². The number of piperidine rings is 1. The highest BCUT2D eigenvalue weighted by molar-refractivity contribution is 5.78. The van der Waals surface area contributed by atoms with Gasteiger partial charge in [0.25, 0.3) is 0 Å². The van der Waals surface area contributed by atoms with Crippen LogP contribution in [-0.2, 0) is 16.0 Å². The first-order chi connectivity index (χ1) is 13.1. The summed E-state index contributed by atoms with van der Waals surface area (Å²) in [6.45, 7) is 5.28. The summed E-state index contributed by atoms with van der Waals surface area (Å²) in [5.41, 5.74) is 0. The van der Waals surface area contributed by atoms with Gasteiger partial charge in [-0.2, -0.15) is 5.10 Å². The second-order valence-corrected chi connectivity index (χ2v) is 8.65. The Hall–Kier alpha value is -1.92. The van der Waals surface area contributed by atoms with Gasteiger partial charge in [-0.05, 0) is 56.8 Å². The van der Waals surface area contributed by atoms with Crippen molar-refractivity contribution in [2.75, 3.05) is 26.2 Å². The number of nitrogens with zero attached hydrogens (tertiary/aromatic N) is 4. The summed E-state index contributed by atoms with van der Waals surface area (Å²) in [6.07, 6.45) is 8.07. The molecule has 0 aromatic carbocycles. The topological polar surface area (TPSA) is 82.2 Å². The Kier molecular flexibility index (Phi) is 5.45. The van der Waals surface area contributed by atoms with Gasteiger partial charge in [0, 0.05) is 32.6 Å². The number of likely N-dealkylation sites (tertiary alicyclic amines) is 2. The number of aryl methyl sites for hydroxylation is 1. The minimum absolute atomic E-state index is 0.120. The van der Waals surface area contributed by atoms with Gasteiger partial charge in [0.2, 0.25) is 11.8 Å². The van der Waals surface area contributed by atoms with Crippen LogP contribution in [0.5, 0.6) is 0 Å². The molecule has 2 aliphatic heterocycles. The van der Waals surface area contributed by atoms with Crippen LogP contribution in [0.2, 0.25) is 0 Å². The summed E-state index contributed by atoms with van der Waals surface area (Å²) >= 11 is 0. The Bertz CT molecular complexity index is 684. The second kappa shape index (κ2) is 7.98. The Morgan fingerprint density at radius 2 is 1.74 bits per heavy atom. The molecule has 0 spiro atoms. The van der Waals surface area contributed by atoms with E-state index in [2.05, 4.69) is 20.1 Å². The van der Waals surface area contributed by atoms with Gasteiger partial charge in [0.05, 0.1) is 6.42 Å². The molecule has 2 amide bonds. The van der Waals surface area contributed by atoms with Crippen LogP contribution < -0.4 is 0 Å². The van der Waals surface area contributed by atoms with E-state index in [0.717, 1.165) is 51.3 Å². The third-order valence-corrected chi connectivity index (χ3v) is 6.70. The highest BCUT2D eigenvalue weighted by Crippen LogP contribution is 2.34. The maximum Gasteiger partial charge on any atom is 0.230 e. The van der Waals surface area contributed by atoms with Crippen LogP contribution in [0.4, 0.5) is 0 Å². The molecule has 4 rings (SSSR count). The van der Waals surface area contributed by atoms with Crippen LogP contribution in [0.25, 0.3) is 0 Å². The standard InChI is InChI=1S/C20H31N5O2/c1-14-21-18(23-22-14)11-20(27)24-8-3-6-16(12-24)17-7-9-25(13-17)19(26)10-15-4-2-5-15/h15-17H,2-13H2,1H3,(H,21,22,23). The molecule has 2 unspecified atom stereocenters. The number of amides is 2. The second-order valence-electron chi connectivity index (χ2n) is 8.65. The molecular formula is C20H31N5O2. The molecule has 7 nitrogen and oxygen atoms in total. The summed E-state index contributed by atoms with van der Waals surface area (Å²) in [5.74, 6) is 3.48. The maximum atomic E-state index is 12.6. The lowest BCUT2D eigenvalue weighted by Gasteiger charge is -2.35. The van der Waals surface area contributed by atoms with Crippen LogP contribution in [0.3, 0.4) is 0 Å². The third kappa shape index (κ3) is 4.33. The molecular weight excluding hydrogens is 342 g/mol. The molecule has 7 heteroatoms. The fourth-order valence-corrected chi connectivity index (χ4v) is 4.81. The van der Waals surface area contributed by atoms with Crippen molar-refractivity contribution >= 4 is 11.8 Å².